The molecule has 0 bridgehead atoms. The molecule has 19 heavy (non-hydrogen) atoms. The summed E-state index contributed by atoms with van der Waals surface area (Å²) in [5.41, 5.74) is 9.27. The Balaban J connectivity index is 2.17. The van der Waals surface area contributed by atoms with Crippen molar-refractivity contribution in [3.05, 3.63) is 17.8 Å². The first-order chi connectivity index (χ1) is 9.06. The van der Waals surface area contributed by atoms with E-state index in [2.05, 4.69) is 19.3 Å². The molecule has 6 nitrogen and oxygen atoms in total. The van der Waals surface area contributed by atoms with Gasteiger partial charge in [0.05, 0.1) is 16.8 Å². The van der Waals surface area contributed by atoms with E-state index in [1.54, 1.807) is 0 Å². The van der Waals surface area contributed by atoms with Crippen LogP contribution in [-0.2, 0) is 0 Å². The predicted octanol–water partition coefficient (Wildman–Crippen LogP) is 2.04. The number of imidazole rings is 1. The van der Waals surface area contributed by atoms with Gasteiger partial charge in [-0.3, -0.25) is 0 Å². The molecule has 0 unspecified atom stereocenters. The number of fused-ring (bicyclic) bond motifs is 1. The van der Waals surface area contributed by atoms with E-state index in [0.29, 0.717) is 10.6 Å². The van der Waals surface area contributed by atoms with Gasteiger partial charge >= 0.3 is 0 Å². The third-order valence-electron chi connectivity index (χ3n) is 2.92. The predicted molar refractivity (Wildman–Crippen MR) is 78.5 cm³/mol. The van der Waals surface area contributed by atoms with E-state index in [1.807, 2.05) is 38.1 Å². The molecule has 0 fully saturated rings. The van der Waals surface area contributed by atoms with E-state index in [4.69, 9.17) is 5.73 Å². The first-order valence-corrected chi connectivity index (χ1v) is 6.60. The lowest BCUT2D eigenvalue weighted by molar-refractivity contribution is 1.08. The van der Waals surface area contributed by atoms with Crippen molar-refractivity contribution in [2.75, 3.05) is 24.7 Å². The van der Waals surface area contributed by atoms with Crippen LogP contribution < -0.4 is 10.6 Å². The second-order valence-electron chi connectivity index (χ2n) is 4.53. The number of aromatic amines is 1. The molecule has 0 saturated carbocycles. The minimum Gasteiger partial charge on any atom is -0.389 e. The molecule has 3 heterocycles. The lowest BCUT2D eigenvalue weighted by atomic mass is 10.2. The number of anilines is 2. The normalized spacial score (nSPS) is 11.1. The number of H-pyrrole nitrogens is 1. The number of nitrogens with one attached hydrogen (secondary N) is 1. The molecule has 0 spiro atoms. The fraction of sp³-hybridized carbons (Fsp3) is 0.250. The number of rotatable bonds is 2. The average molecular weight is 274 g/mol. The van der Waals surface area contributed by atoms with Gasteiger partial charge in [0.2, 0.25) is 0 Å². The van der Waals surface area contributed by atoms with Crippen LogP contribution in [0.15, 0.2) is 12.1 Å². The Kier molecular flexibility index (Phi) is 2.63. The molecule has 0 saturated heterocycles. The van der Waals surface area contributed by atoms with Crippen molar-refractivity contribution in [2.24, 2.45) is 0 Å². The van der Waals surface area contributed by atoms with Gasteiger partial charge < -0.3 is 15.6 Å². The van der Waals surface area contributed by atoms with Crippen LogP contribution in [0, 0.1) is 6.92 Å². The summed E-state index contributed by atoms with van der Waals surface area (Å²) in [7, 11) is 3.90. The van der Waals surface area contributed by atoms with Crippen molar-refractivity contribution in [1.82, 2.24) is 19.3 Å². The van der Waals surface area contributed by atoms with Crippen molar-refractivity contribution in [1.29, 1.82) is 0 Å². The van der Waals surface area contributed by atoms with Gasteiger partial charge in [-0.2, -0.15) is 4.37 Å². The van der Waals surface area contributed by atoms with Crippen molar-refractivity contribution in [2.45, 2.75) is 6.92 Å². The molecule has 0 aliphatic heterocycles. The highest BCUT2D eigenvalue weighted by Crippen LogP contribution is 2.31. The molecule has 0 aromatic carbocycles. The second-order valence-corrected chi connectivity index (χ2v) is 5.33. The van der Waals surface area contributed by atoms with Gasteiger partial charge in [0, 0.05) is 14.1 Å². The zero-order chi connectivity index (χ0) is 13.6. The van der Waals surface area contributed by atoms with Gasteiger partial charge in [0.25, 0.3) is 0 Å². The number of aromatic nitrogens is 4. The van der Waals surface area contributed by atoms with Gasteiger partial charge in [-0.15, -0.1) is 0 Å². The van der Waals surface area contributed by atoms with Crippen LogP contribution in [0.3, 0.4) is 0 Å². The molecule has 0 atom stereocenters. The highest BCUT2D eigenvalue weighted by atomic mass is 32.1. The summed E-state index contributed by atoms with van der Waals surface area (Å²) in [5, 5.41) is 0.671. The van der Waals surface area contributed by atoms with Crippen LogP contribution in [0.5, 0.6) is 0 Å². The van der Waals surface area contributed by atoms with E-state index >= 15 is 0 Å². The zero-order valence-electron chi connectivity index (χ0n) is 10.9. The zero-order valence-corrected chi connectivity index (χ0v) is 11.7. The van der Waals surface area contributed by atoms with E-state index in [1.165, 1.54) is 11.5 Å². The Morgan fingerprint density at radius 2 is 2.05 bits per heavy atom. The van der Waals surface area contributed by atoms with Crippen LogP contribution in [0.2, 0.25) is 0 Å². The van der Waals surface area contributed by atoms with Crippen LogP contribution in [0.1, 0.15) is 5.69 Å². The summed E-state index contributed by atoms with van der Waals surface area (Å²) < 4.78 is 4.24. The average Bonchev–Trinajstić information content (AvgIpc) is 2.91. The van der Waals surface area contributed by atoms with Gasteiger partial charge in [-0.25, -0.2) is 9.97 Å². The molecule has 7 heteroatoms. The number of nitrogens with zero attached hydrogens (tertiary/aromatic N) is 4. The smallest absolute Gasteiger partial charge is 0.180 e. The minimum atomic E-state index is 0.671. The maximum atomic E-state index is 5.94. The number of nitrogen functional groups attached to an aromatic ring is 1. The Labute approximate surface area is 114 Å². The molecule has 0 aliphatic rings. The molecule has 0 radical (unpaired) electrons. The van der Waals surface area contributed by atoms with Gasteiger partial charge in [-0.05, 0) is 30.6 Å². The van der Waals surface area contributed by atoms with Crippen LogP contribution in [0.4, 0.5) is 10.8 Å². The molecule has 3 rings (SSSR count). The summed E-state index contributed by atoms with van der Waals surface area (Å²) in [6.45, 7) is 1.92. The maximum absolute atomic E-state index is 5.94. The second kappa shape index (κ2) is 4.20. The van der Waals surface area contributed by atoms with Crippen LogP contribution >= 0.6 is 11.5 Å². The molecular formula is C12H14N6S. The Bertz CT molecular complexity index is 722. The van der Waals surface area contributed by atoms with E-state index in [0.717, 1.165) is 28.4 Å². The molecule has 3 aromatic heterocycles. The molecule has 0 aliphatic carbocycles. The Hall–Kier alpha value is -2.15. The summed E-state index contributed by atoms with van der Waals surface area (Å²) in [6, 6.07) is 3.92. The van der Waals surface area contributed by atoms with Crippen molar-refractivity contribution in [3.8, 4) is 11.4 Å². The van der Waals surface area contributed by atoms with E-state index in [-0.39, 0.29) is 0 Å². The third-order valence-corrected chi connectivity index (χ3v) is 3.68. The topological polar surface area (TPSA) is 83.7 Å². The lowest BCUT2D eigenvalue weighted by Gasteiger charge is -2.09. The van der Waals surface area contributed by atoms with Crippen molar-refractivity contribution in [3.63, 3.8) is 0 Å². The fourth-order valence-corrected chi connectivity index (χ4v) is 2.59. The standard InChI is InChI=1S/C12H14N6S/c1-6-9(10(13)19-17-6)12-14-7-4-5-8(18(2)3)15-11(7)16-12/h4-5H,13H2,1-3H3,(H,14,15,16). The van der Waals surface area contributed by atoms with Gasteiger partial charge in [0.15, 0.2) is 5.65 Å². The summed E-state index contributed by atoms with van der Waals surface area (Å²) in [5.74, 6) is 1.60. The van der Waals surface area contributed by atoms with Crippen molar-refractivity contribution >= 4 is 33.5 Å². The molecule has 0 amide bonds. The number of hydrogen-bond acceptors (Lipinski definition) is 6. The highest BCUT2D eigenvalue weighted by molar-refractivity contribution is 7.10. The number of aryl methyl sites for hydroxylation is 1. The van der Waals surface area contributed by atoms with Crippen LogP contribution in [0.25, 0.3) is 22.6 Å². The Morgan fingerprint density at radius 1 is 1.26 bits per heavy atom. The number of hydrogen-bond donors (Lipinski definition) is 2. The quantitative estimate of drug-likeness (QED) is 0.747. The number of pyridine rings is 1. The molecule has 3 N–H and O–H groups in total. The van der Waals surface area contributed by atoms with Gasteiger partial charge in [-0.1, -0.05) is 0 Å². The largest absolute Gasteiger partial charge is 0.389 e. The van der Waals surface area contributed by atoms with Crippen LogP contribution in [-0.4, -0.2) is 33.4 Å². The SMILES string of the molecule is Cc1nsc(N)c1-c1nc2nc(N(C)C)ccc2[nH]1. The first kappa shape index (κ1) is 11.9. The molecular weight excluding hydrogens is 260 g/mol. The third kappa shape index (κ3) is 1.91. The Morgan fingerprint density at radius 3 is 2.68 bits per heavy atom. The highest BCUT2D eigenvalue weighted by Gasteiger charge is 2.15. The number of nitrogens with two attached hydrogens (primary N) is 1. The summed E-state index contributed by atoms with van der Waals surface area (Å²) in [4.78, 5) is 14.2. The van der Waals surface area contributed by atoms with Crippen molar-refractivity contribution < 1.29 is 0 Å². The van der Waals surface area contributed by atoms with E-state index in [9.17, 15) is 0 Å². The summed E-state index contributed by atoms with van der Waals surface area (Å²) >= 11 is 1.28. The van der Waals surface area contributed by atoms with Gasteiger partial charge in [0.1, 0.15) is 16.6 Å². The molecule has 3 aromatic rings. The maximum Gasteiger partial charge on any atom is 0.180 e. The monoisotopic (exact) mass is 274 g/mol. The van der Waals surface area contributed by atoms with E-state index < -0.39 is 0 Å². The molecule has 98 valence electrons. The lowest BCUT2D eigenvalue weighted by Crippen LogP contribution is -2.10. The summed E-state index contributed by atoms with van der Waals surface area (Å²) in [6.07, 6.45) is 0. The first-order valence-electron chi connectivity index (χ1n) is 5.82. The fourth-order valence-electron chi connectivity index (χ4n) is 1.93. The minimum absolute atomic E-state index is 0.671.